The normalized spacial score (nSPS) is 25.2. The van der Waals surface area contributed by atoms with Crippen molar-refractivity contribution in [3.63, 3.8) is 0 Å². The van der Waals surface area contributed by atoms with Gasteiger partial charge in [-0.1, -0.05) is 0 Å². The van der Waals surface area contributed by atoms with Gasteiger partial charge in [0.15, 0.2) is 0 Å². The molecule has 1 aliphatic rings. The van der Waals surface area contributed by atoms with Gasteiger partial charge in [0.1, 0.15) is 10.9 Å². The van der Waals surface area contributed by atoms with Gasteiger partial charge in [-0.05, 0) is 12.1 Å². The summed E-state index contributed by atoms with van der Waals surface area (Å²) in [5.41, 5.74) is 0. The molecule has 0 aliphatic carbocycles. The SMILES string of the molecule is O=C(O)[C@@H]1C[C@H](O)CN1S(=O)(=O)c1cccnc1. The van der Waals surface area contributed by atoms with Crippen LogP contribution in [0.25, 0.3) is 0 Å². The number of aromatic nitrogens is 1. The number of nitrogens with zero attached hydrogens (tertiary/aromatic N) is 2. The van der Waals surface area contributed by atoms with E-state index in [-0.39, 0.29) is 17.9 Å². The molecule has 2 atom stereocenters. The van der Waals surface area contributed by atoms with Gasteiger partial charge in [-0.15, -0.1) is 0 Å². The van der Waals surface area contributed by atoms with Crippen LogP contribution in [0.15, 0.2) is 29.4 Å². The number of β-amino-alcohol motifs (C(OH)–C–C–N with tert-alkyl or cyclic N) is 1. The summed E-state index contributed by atoms with van der Waals surface area (Å²) in [6.45, 7) is -0.214. The van der Waals surface area contributed by atoms with Crippen LogP contribution in [-0.4, -0.2) is 52.6 Å². The molecule has 2 rings (SSSR count). The number of pyridine rings is 1. The molecular formula is C10H12N2O5S. The Morgan fingerprint density at radius 1 is 1.50 bits per heavy atom. The maximum absolute atomic E-state index is 12.2. The number of carbonyl (C=O) groups is 1. The first-order chi connectivity index (χ1) is 8.43. The highest BCUT2D eigenvalue weighted by Crippen LogP contribution is 2.25. The average molecular weight is 272 g/mol. The van der Waals surface area contributed by atoms with Crippen molar-refractivity contribution in [1.29, 1.82) is 0 Å². The summed E-state index contributed by atoms with van der Waals surface area (Å²) in [7, 11) is -3.94. The van der Waals surface area contributed by atoms with E-state index in [2.05, 4.69) is 4.98 Å². The third-order valence-corrected chi connectivity index (χ3v) is 4.62. The molecule has 0 unspecified atom stereocenters. The molecule has 1 saturated heterocycles. The van der Waals surface area contributed by atoms with Crippen molar-refractivity contribution in [2.24, 2.45) is 0 Å². The fourth-order valence-electron chi connectivity index (χ4n) is 1.91. The fourth-order valence-corrected chi connectivity index (χ4v) is 3.50. The number of sulfonamides is 1. The predicted molar refractivity (Wildman–Crippen MR) is 60.2 cm³/mol. The predicted octanol–water partition coefficient (Wildman–Crippen LogP) is -0.710. The van der Waals surface area contributed by atoms with Gasteiger partial charge in [0, 0.05) is 25.4 Å². The number of rotatable bonds is 3. The first-order valence-corrected chi connectivity index (χ1v) is 6.69. The molecular weight excluding hydrogens is 260 g/mol. The minimum atomic E-state index is -3.94. The first-order valence-electron chi connectivity index (χ1n) is 5.25. The molecule has 0 saturated carbocycles. The van der Waals surface area contributed by atoms with Gasteiger partial charge in [0.2, 0.25) is 10.0 Å². The van der Waals surface area contributed by atoms with Gasteiger partial charge in [-0.3, -0.25) is 9.78 Å². The standard InChI is InChI=1S/C10H12N2O5S/c13-7-4-9(10(14)15)12(6-7)18(16,17)8-2-1-3-11-5-8/h1-3,5,7,9,13H,4,6H2,(H,14,15)/t7-,9-/m0/s1. The van der Waals surface area contributed by atoms with Gasteiger partial charge >= 0.3 is 5.97 Å². The second-order valence-electron chi connectivity index (χ2n) is 4.01. The van der Waals surface area contributed by atoms with Crippen molar-refractivity contribution in [2.75, 3.05) is 6.54 Å². The van der Waals surface area contributed by atoms with E-state index >= 15 is 0 Å². The van der Waals surface area contributed by atoms with Crippen LogP contribution in [0, 0.1) is 0 Å². The van der Waals surface area contributed by atoms with Crippen LogP contribution in [-0.2, 0) is 14.8 Å². The summed E-state index contributed by atoms with van der Waals surface area (Å²) in [5, 5.41) is 18.4. The monoisotopic (exact) mass is 272 g/mol. The van der Waals surface area contributed by atoms with E-state index in [9.17, 15) is 18.3 Å². The maximum atomic E-state index is 12.2. The van der Waals surface area contributed by atoms with Crippen LogP contribution < -0.4 is 0 Å². The molecule has 98 valence electrons. The topological polar surface area (TPSA) is 108 Å². The zero-order valence-electron chi connectivity index (χ0n) is 9.30. The molecule has 1 fully saturated rings. The van der Waals surface area contributed by atoms with Crippen molar-refractivity contribution >= 4 is 16.0 Å². The van der Waals surface area contributed by atoms with E-state index in [1.165, 1.54) is 18.3 Å². The number of aliphatic hydroxyl groups excluding tert-OH is 1. The smallest absolute Gasteiger partial charge is 0.322 e. The van der Waals surface area contributed by atoms with Crippen molar-refractivity contribution in [1.82, 2.24) is 9.29 Å². The van der Waals surface area contributed by atoms with Crippen molar-refractivity contribution < 1.29 is 23.4 Å². The molecule has 1 aromatic heterocycles. The fraction of sp³-hybridized carbons (Fsp3) is 0.400. The van der Waals surface area contributed by atoms with Crippen LogP contribution in [0.5, 0.6) is 0 Å². The molecule has 0 amide bonds. The third-order valence-electron chi connectivity index (χ3n) is 2.76. The van der Waals surface area contributed by atoms with Gasteiger partial charge in [0.05, 0.1) is 6.10 Å². The lowest BCUT2D eigenvalue weighted by molar-refractivity contribution is -0.140. The second-order valence-corrected chi connectivity index (χ2v) is 5.90. The molecule has 0 aromatic carbocycles. The molecule has 2 N–H and O–H groups in total. The highest BCUT2D eigenvalue weighted by atomic mass is 32.2. The van der Waals surface area contributed by atoms with Crippen molar-refractivity contribution in [2.45, 2.75) is 23.5 Å². The molecule has 1 aromatic rings. The second kappa shape index (κ2) is 4.63. The van der Waals surface area contributed by atoms with Gasteiger partial charge in [-0.2, -0.15) is 4.31 Å². The highest BCUT2D eigenvalue weighted by Gasteiger charge is 2.43. The van der Waals surface area contributed by atoms with E-state index in [0.717, 1.165) is 10.5 Å². The summed E-state index contributed by atoms with van der Waals surface area (Å²) >= 11 is 0. The van der Waals surface area contributed by atoms with E-state index in [0.29, 0.717) is 0 Å². The van der Waals surface area contributed by atoms with Gasteiger partial charge in [-0.25, -0.2) is 8.42 Å². The number of hydrogen-bond acceptors (Lipinski definition) is 5. The summed E-state index contributed by atoms with van der Waals surface area (Å²) in [5.74, 6) is -1.26. The molecule has 18 heavy (non-hydrogen) atoms. The Morgan fingerprint density at radius 3 is 2.78 bits per heavy atom. The van der Waals surface area contributed by atoms with Crippen LogP contribution >= 0.6 is 0 Å². The van der Waals surface area contributed by atoms with Gasteiger partial charge < -0.3 is 10.2 Å². The van der Waals surface area contributed by atoms with E-state index in [4.69, 9.17) is 5.11 Å². The van der Waals surface area contributed by atoms with Crippen molar-refractivity contribution in [3.8, 4) is 0 Å². The highest BCUT2D eigenvalue weighted by molar-refractivity contribution is 7.89. The third kappa shape index (κ3) is 2.22. The number of carboxylic acids is 1. The lowest BCUT2D eigenvalue weighted by Gasteiger charge is -2.20. The Balaban J connectivity index is 2.38. The lowest BCUT2D eigenvalue weighted by Crippen LogP contribution is -2.40. The van der Waals surface area contributed by atoms with E-state index in [1.807, 2.05) is 0 Å². The Kier molecular flexibility index (Phi) is 3.33. The number of aliphatic hydroxyl groups is 1. The molecule has 8 heteroatoms. The molecule has 7 nitrogen and oxygen atoms in total. The lowest BCUT2D eigenvalue weighted by atomic mass is 10.2. The summed E-state index contributed by atoms with van der Waals surface area (Å²) < 4.78 is 25.2. The Bertz CT molecular complexity index is 545. The van der Waals surface area contributed by atoms with Crippen LogP contribution in [0.1, 0.15) is 6.42 Å². The molecule has 1 aliphatic heterocycles. The summed E-state index contributed by atoms with van der Waals surface area (Å²) in [6.07, 6.45) is 1.51. The van der Waals surface area contributed by atoms with Gasteiger partial charge in [0.25, 0.3) is 0 Å². The molecule has 0 spiro atoms. The number of hydrogen-bond donors (Lipinski definition) is 2. The Labute approximate surface area is 104 Å². The quantitative estimate of drug-likeness (QED) is 0.752. The minimum absolute atomic E-state index is 0.0784. The zero-order chi connectivity index (χ0) is 13.3. The molecule has 0 bridgehead atoms. The van der Waals surface area contributed by atoms with Crippen LogP contribution in [0.4, 0.5) is 0 Å². The molecule has 2 heterocycles. The largest absolute Gasteiger partial charge is 0.480 e. The Hall–Kier alpha value is -1.51. The summed E-state index contributed by atoms with van der Waals surface area (Å²) in [4.78, 5) is 14.6. The summed E-state index contributed by atoms with van der Waals surface area (Å²) in [6, 6.07) is 1.56. The minimum Gasteiger partial charge on any atom is -0.480 e. The number of aliphatic carboxylic acids is 1. The van der Waals surface area contributed by atoms with E-state index < -0.39 is 28.1 Å². The first kappa shape index (κ1) is 12.9. The van der Waals surface area contributed by atoms with Crippen molar-refractivity contribution in [3.05, 3.63) is 24.5 Å². The molecule has 0 radical (unpaired) electrons. The Morgan fingerprint density at radius 2 is 2.22 bits per heavy atom. The van der Waals surface area contributed by atoms with Crippen LogP contribution in [0.3, 0.4) is 0 Å². The zero-order valence-corrected chi connectivity index (χ0v) is 10.1. The maximum Gasteiger partial charge on any atom is 0.322 e. The van der Waals surface area contributed by atoms with E-state index in [1.54, 1.807) is 0 Å². The number of carboxylic acid groups (broad SMARTS) is 1. The van der Waals surface area contributed by atoms with Crippen LogP contribution in [0.2, 0.25) is 0 Å². The average Bonchev–Trinajstić information content (AvgIpc) is 2.73.